The van der Waals surface area contributed by atoms with E-state index in [9.17, 15) is 18.0 Å². The van der Waals surface area contributed by atoms with Crippen LogP contribution >= 0.6 is 0 Å². The van der Waals surface area contributed by atoms with Crippen LogP contribution in [0.2, 0.25) is 0 Å². The van der Waals surface area contributed by atoms with Crippen molar-refractivity contribution < 1.29 is 84.2 Å². The molecular weight excluding hydrogens is 279 g/mol. The smallest absolute Gasteiger partial charge is 0.521 e. The molecule has 0 aliphatic heterocycles. The van der Waals surface area contributed by atoms with Crippen LogP contribution in [0.1, 0.15) is 20.7 Å². The molecule has 0 fully saturated rings. The number of carboxylic acid groups (broad SMARTS) is 2. The molecule has 1 aromatic rings. The molecule has 9 heteroatoms. The van der Waals surface area contributed by atoms with Crippen LogP contribution in [0.4, 0.5) is 0 Å². The van der Waals surface area contributed by atoms with Crippen molar-refractivity contribution >= 4 is 22.1 Å². The van der Waals surface area contributed by atoms with Crippen LogP contribution in [-0.2, 0) is 10.1 Å². The van der Waals surface area contributed by atoms with E-state index in [1.165, 1.54) is 0 Å². The molecular formula is C8H5KO7S. The molecule has 0 aromatic heterocycles. The molecule has 0 amide bonds. The van der Waals surface area contributed by atoms with E-state index in [-0.39, 0.29) is 51.4 Å². The third-order valence-corrected chi connectivity index (χ3v) is 2.59. The third kappa shape index (κ3) is 3.84. The maximum absolute atomic E-state index is 10.9. The predicted molar refractivity (Wildman–Crippen MR) is 49.0 cm³/mol. The van der Waals surface area contributed by atoms with Crippen molar-refractivity contribution in [1.82, 2.24) is 0 Å². The van der Waals surface area contributed by atoms with Crippen molar-refractivity contribution in [3.8, 4) is 0 Å². The van der Waals surface area contributed by atoms with E-state index >= 15 is 0 Å². The van der Waals surface area contributed by atoms with Crippen LogP contribution < -0.4 is 51.4 Å². The Hall–Kier alpha value is -0.294. The molecule has 0 spiro atoms. The second kappa shape index (κ2) is 6.04. The zero-order valence-electron chi connectivity index (χ0n) is 8.54. The summed E-state index contributed by atoms with van der Waals surface area (Å²) >= 11 is 0. The molecule has 0 aliphatic carbocycles. The van der Waals surface area contributed by atoms with Gasteiger partial charge in [0.15, 0.2) is 0 Å². The van der Waals surface area contributed by atoms with Crippen LogP contribution in [-0.4, -0.2) is 35.1 Å². The molecule has 1 aromatic carbocycles. The van der Waals surface area contributed by atoms with E-state index in [1.54, 1.807) is 0 Å². The van der Waals surface area contributed by atoms with Crippen molar-refractivity contribution in [2.45, 2.75) is 4.90 Å². The third-order valence-electron chi connectivity index (χ3n) is 1.65. The molecule has 0 saturated heterocycles. The SMILES string of the molecule is O=C(O)c1[c-]ccc(C(=O)O)c1S(=O)(=O)O.[K+]. The second-order valence-electron chi connectivity index (χ2n) is 2.68. The van der Waals surface area contributed by atoms with Crippen LogP contribution in [0.15, 0.2) is 17.0 Å². The van der Waals surface area contributed by atoms with Gasteiger partial charge in [0.05, 0.1) is 0 Å². The van der Waals surface area contributed by atoms with Gasteiger partial charge in [0.1, 0.15) is 0 Å². The number of hydrogen-bond donors (Lipinski definition) is 3. The molecule has 1 rings (SSSR count). The van der Waals surface area contributed by atoms with Crippen LogP contribution in [0.25, 0.3) is 0 Å². The van der Waals surface area contributed by atoms with E-state index in [1.807, 2.05) is 6.07 Å². The Kier molecular flexibility index (Phi) is 5.94. The molecule has 0 aliphatic rings. The van der Waals surface area contributed by atoms with Crippen molar-refractivity contribution in [2.24, 2.45) is 0 Å². The minimum Gasteiger partial charge on any atom is -0.521 e. The van der Waals surface area contributed by atoms with Gasteiger partial charge in [0, 0.05) is 4.90 Å². The molecule has 0 heterocycles. The second-order valence-corrected chi connectivity index (χ2v) is 4.04. The molecule has 0 bridgehead atoms. The molecule has 0 atom stereocenters. The van der Waals surface area contributed by atoms with Gasteiger partial charge in [-0.3, -0.25) is 4.55 Å². The largest absolute Gasteiger partial charge is 1.00 e. The van der Waals surface area contributed by atoms with Crippen molar-refractivity contribution in [3.63, 3.8) is 0 Å². The molecule has 0 unspecified atom stereocenters. The maximum atomic E-state index is 10.9. The Balaban J connectivity index is 0.00000256. The van der Waals surface area contributed by atoms with Gasteiger partial charge in [-0.15, -0.1) is 18.2 Å². The van der Waals surface area contributed by atoms with E-state index in [4.69, 9.17) is 14.8 Å². The van der Waals surface area contributed by atoms with Gasteiger partial charge in [-0.05, 0) is 11.1 Å². The van der Waals surface area contributed by atoms with Crippen molar-refractivity contribution in [1.29, 1.82) is 0 Å². The first-order valence-corrected chi connectivity index (χ1v) is 5.18. The number of benzene rings is 1. The fraction of sp³-hybridized carbons (Fsp3) is 0. The summed E-state index contributed by atoms with van der Waals surface area (Å²) in [6, 6.07) is 3.81. The minimum atomic E-state index is -4.95. The average molecular weight is 284 g/mol. The summed E-state index contributed by atoms with van der Waals surface area (Å²) in [7, 11) is -4.95. The zero-order chi connectivity index (χ0) is 12.5. The summed E-state index contributed by atoms with van der Waals surface area (Å²) < 4.78 is 30.6. The number of rotatable bonds is 3. The normalized spacial score (nSPS) is 10.4. The van der Waals surface area contributed by atoms with E-state index < -0.39 is 38.1 Å². The van der Waals surface area contributed by atoms with E-state index in [2.05, 4.69) is 0 Å². The summed E-state index contributed by atoms with van der Waals surface area (Å²) in [6.45, 7) is 0. The Bertz CT molecular complexity index is 531. The van der Waals surface area contributed by atoms with Gasteiger partial charge in [0.2, 0.25) is 5.97 Å². The summed E-state index contributed by atoms with van der Waals surface area (Å²) in [4.78, 5) is 20.1. The monoisotopic (exact) mass is 284 g/mol. The van der Waals surface area contributed by atoms with Crippen molar-refractivity contribution in [2.75, 3.05) is 0 Å². The molecule has 86 valence electrons. The standard InChI is InChI=1S/C8H5O7S.K/c9-7(10)4-2-1-3-5(8(11)12)6(4)16(13,14)15;/h1-2H,(H,9,10)(H,11,12)(H,13,14,15);/q-1;+1. The first kappa shape index (κ1) is 16.7. The van der Waals surface area contributed by atoms with Crippen LogP contribution in [0.5, 0.6) is 0 Å². The van der Waals surface area contributed by atoms with Gasteiger partial charge in [-0.1, -0.05) is 0 Å². The number of aromatic carboxylic acids is 2. The molecule has 7 nitrogen and oxygen atoms in total. The van der Waals surface area contributed by atoms with Gasteiger partial charge < -0.3 is 15.0 Å². The predicted octanol–water partition coefficient (Wildman–Crippen LogP) is -2.87. The molecule has 0 radical (unpaired) electrons. The van der Waals surface area contributed by atoms with Crippen molar-refractivity contribution in [3.05, 3.63) is 29.3 Å². The zero-order valence-corrected chi connectivity index (χ0v) is 12.5. The first-order valence-electron chi connectivity index (χ1n) is 3.74. The molecule has 17 heavy (non-hydrogen) atoms. The number of carbonyl (C=O) groups is 2. The summed E-state index contributed by atoms with van der Waals surface area (Å²) in [5.41, 5.74) is -1.74. The fourth-order valence-corrected chi connectivity index (χ4v) is 1.92. The van der Waals surface area contributed by atoms with Gasteiger partial charge in [0.25, 0.3) is 10.1 Å². The molecule has 0 saturated carbocycles. The van der Waals surface area contributed by atoms with Crippen LogP contribution in [0.3, 0.4) is 0 Å². The topological polar surface area (TPSA) is 129 Å². The first-order chi connectivity index (χ1) is 7.25. The van der Waals surface area contributed by atoms with E-state index in [0.717, 1.165) is 12.1 Å². The Morgan fingerprint density at radius 3 is 2.06 bits per heavy atom. The van der Waals surface area contributed by atoms with Gasteiger partial charge in [-0.2, -0.15) is 0 Å². The Morgan fingerprint density at radius 2 is 1.71 bits per heavy atom. The summed E-state index contributed by atoms with van der Waals surface area (Å²) in [5, 5.41) is 17.3. The Morgan fingerprint density at radius 1 is 1.18 bits per heavy atom. The van der Waals surface area contributed by atoms with Gasteiger partial charge in [-0.25, -0.2) is 13.2 Å². The fourth-order valence-electron chi connectivity index (χ4n) is 1.08. The Labute approximate surface area is 139 Å². The minimum absolute atomic E-state index is 0. The average Bonchev–Trinajstić information content (AvgIpc) is 2.15. The maximum Gasteiger partial charge on any atom is 1.00 e. The summed E-state index contributed by atoms with van der Waals surface area (Å²) in [5.74, 6) is -3.36. The summed E-state index contributed by atoms with van der Waals surface area (Å²) in [6.07, 6.45) is 0. The van der Waals surface area contributed by atoms with Gasteiger partial charge >= 0.3 is 57.4 Å². The quantitative estimate of drug-likeness (QED) is 0.309. The number of carboxylic acids is 2. The molecule has 3 N–H and O–H groups in total. The van der Waals surface area contributed by atoms with E-state index in [0.29, 0.717) is 0 Å². The van der Waals surface area contributed by atoms with Crippen LogP contribution in [0, 0.1) is 6.07 Å². The number of hydrogen-bond acceptors (Lipinski definition) is 4.